The summed E-state index contributed by atoms with van der Waals surface area (Å²) >= 11 is 3.28. The Balaban J connectivity index is 2.40. The number of hydrogen-bond acceptors (Lipinski definition) is 4. The van der Waals surface area contributed by atoms with Crippen LogP contribution >= 0.6 is 15.9 Å². The van der Waals surface area contributed by atoms with Gasteiger partial charge in [-0.3, -0.25) is 0 Å². The normalized spacial score (nSPS) is 10.3. The molecule has 4 nitrogen and oxygen atoms in total. The van der Waals surface area contributed by atoms with E-state index in [-0.39, 0.29) is 5.82 Å². The zero-order valence-corrected chi connectivity index (χ0v) is 13.1. The zero-order valence-electron chi connectivity index (χ0n) is 11.5. The van der Waals surface area contributed by atoms with Gasteiger partial charge < -0.3 is 15.8 Å². The number of halogens is 2. The molecule has 21 heavy (non-hydrogen) atoms. The first-order chi connectivity index (χ1) is 9.92. The average molecular weight is 353 g/mol. The lowest BCUT2D eigenvalue weighted by atomic mass is 10.1. The summed E-state index contributed by atoms with van der Waals surface area (Å²) in [4.78, 5) is 11.7. The molecule has 3 N–H and O–H groups in total. The number of anilines is 3. The molecule has 0 atom stereocenters. The molecule has 0 amide bonds. The molecular formula is C15H14BrFN2O2. The topological polar surface area (TPSA) is 64.3 Å². The van der Waals surface area contributed by atoms with Gasteiger partial charge in [-0.1, -0.05) is 0 Å². The van der Waals surface area contributed by atoms with E-state index in [1.54, 1.807) is 25.1 Å². The van der Waals surface area contributed by atoms with Crippen molar-refractivity contribution in [2.75, 3.05) is 18.2 Å². The molecule has 2 aromatic rings. The molecule has 0 bridgehead atoms. The van der Waals surface area contributed by atoms with E-state index in [2.05, 4.69) is 21.2 Å². The van der Waals surface area contributed by atoms with Crippen molar-refractivity contribution in [1.82, 2.24) is 0 Å². The van der Waals surface area contributed by atoms with Crippen LogP contribution in [0.15, 0.2) is 34.8 Å². The van der Waals surface area contributed by atoms with Crippen molar-refractivity contribution >= 4 is 39.0 Å². The first kappa shape index (κ1) is 15.3. The van der Waals surface area contributed by atoms with E-state index in [0.717, 1.165) is 5.56 Å². The fourth-order valence-electron chi connectivity index (χ4n) is 1.90. The third-order valence-corrected chi connectivity index (χ3v) is 3.66. The molecule has 0 fully saturated rings. The van der Waals surface area contributed by atoms with Gasteiger partial charge in [0.1, 0.15) is 5.82 Å². The van der Waals surface area contributed by atoms with E-state index in [1.165, 1.54) is 19.2 Å². The minimum atomic E-state index is -0.502. The van der Waals surface area contributed by atoms with E-state index in [0.29, 0.717) is 27.1 Å². The quantitative estimate of drug-likeness (QED) is 0.647. The smallest absolute Gasteiger partial charge is 0.340 e. The van der Waals surface area contributed by atoms with Crippen LogP contribution in [-0.4, -0.2) is 13.1 Å². The van der Waals surface area contributed by atoms with Crippen LogP contribution < -0.4 is 11.1 Å². The van der Waals surface area contributed by atoms with Gasteiger partial charge in [-0.2, -0.15) is 0 Å². The second-order valence-electron chi connectivity index (χ2n) is 4.50. The fraction of sp³-hybridized carbons (Fsp3) is 0.133. The SMILES string of the molecule is COC(=O)c1cc(Nc2ccc(F)cc2Br)cc(C)c1N. The predicted octanol–water partition coefficient (Wildman–Crippen LogP) is 4.01. The molecule has 0 aliphatic rings. The lowest BCUT2D eigenvalue weighted by molar-refractivity contribution is 0.0602. The highest BCUT2D eigenvalue weighted by Gasteiger charge is 2.14. The molecule has 2 rings (SSSR count). The number of benzene rings is 2. The van der Waals surface area contributed by atoms with Gasteiger partial charge in [0.15, 0.2) is 0 Å². The van der Waals surface area contributed by atoms with Gasteiger partial charge in [-0.25, -0.2) is 9.18 Å². The van der Waals surface area contributed by atoms with Crippen LogP contribution in [0.4, 0.5) is 21.5 Å². The Morgan fingerprint density at radius 1 is 1.33 bits per heavy atom. The third kappa shape index (κ3) is 3.33. The number of aryl methyl sites for hydroxylation is 1. The molecular weight excluding hydrogens is 339 g/mol. The minimum Gasteiger partial charge on any atom is -0.465 e. The van der Waals surface area contributed by atoms with Crippen LogP contribution in [0.5, 0.6) is 0 Å². The molecule has 110 valence electrons. The number of esters is 1. The van der Waals surface area contributed by atoms with E-state index < -0.39 is 5.97 Å². The van der Waals surface area contributed by atoms with E-state index in [9.17, 15) is 9.18 Å². The molecule has 0 aliphatic heterocycles. The van der Waals surface area contributed by atoms with Crippen LogP contribution in [0.2, 0.25) is 0 Å². The van der Waals surface area contributed by atoms with Crippen LogP contribution in [0.3, 0.4) is 0 Å². The number of nitrogens with one attached hydrogen (secondary N) is 1. The number of methoxy groups -OCH3 is 1. The molecule has 0 aromatic heterocycles. The number of hydrogen-bond donors (Lipinski definition) is 2. The largest absolute Gasteiger partial charge is 0.465 e. The third-order valence-electron chi connectivity index (χ3n) is 3.00. The summed E-state index contributed by atoms with van der Waals surface area (Å²) in [5, 5.41) is 3.11. The Morgan fingerprint density at radius 2 is 2.05 bits per heavy atom. The maximum atomic E-state index is 13.1. The van der Waals surface area contributed by atoms with Gasteiger partial charge in [0.05, 0.1) is 18.4 Å². The Kier molecular flexibility index (Phi) is 4.47. The van der Waals surface area contributed by atoms with E-state index in [1.807, 2.05) is 0 Å². The van der Waals surface area contributed by atoms with Crippen LogP contribution in [-0.2, 0) is 4.74 Å². The Hall–Kier alpha value is -2.08. The molecule has 2 aromatic carbocycles. The molecule has 0 radical (unpaired) electrons. The van der Waals surface area contributed by atoms with Crippen molar-refractivity contribution in [3.8, 4) is 0 Å². The maximum absolute atomic E-state index is 13.1. The highest BCUT2D eigenvalue weighted by molar-refractivity contribution is 9.10. The van der Waals surface area contributed by atoms with Crippen LogP contribution in [0, 0.1) is 12.7 Å². The fourth-order valence-corrected chi connectivity index (χ4v) is 2.35. The van der Waals surface area contributed by atoms with Crippen molar-refractivity contribution in [1.29, 1.82) is 0 Å². The Bertz CT molecular complexity index is 704. The van der Waals surface area contributed by atoms with Crippen LogP contribution in [0.1, 0.15) is 15.9 Å². The van der Waals surface area contributed by atoms with Gasteiger partial charge in [0, 0.05) is 15.8 Å². The zero-order chi connectivity index (χ0) is 15.6. The molecule has 0 heterocycles. The lowest BCUT2D eigenvalue weighted by Crippen LogP contribution is -2.08. The second-order valence-corrected chi connectivity index (χ2v) is 5.35. The summed E-state index contributed by atoms with van der Waals surface area (Å²) in [5.74, 6) is -0.839. The molecule has 0 saturated heterocycles. The Labute approximate surface area is 130 Å². The summed E-state index contributed by atoms with van der Waals surface area (Å²) in [6.45, 7) is 1.80. The number of carbonyl (C=O) groups excluding carboxylic acids is 1. The van der Waals surface area contributed by atoms with Crippen molar-refractivity contribution in [3.63, 3.8) is 0 Å². The minimum absolute atomic E-state index is 0.290. The van der Waals surface area contributed by atoms with Gasteiger partial charge in [-0.05, 0) is 58.7 Å². The maximum Gasteiger partial charge on any atom is 0.340 e. The summed E-state index contributed by atoms with van der Waals surface area (Å²) in [7, 11) is 1.30. The van der Waals surface area contributed by atoms with Crippen molar-refractivity contribution in [2.45, 2.75) is 6.92 Å². The van der Waals surface area contributed by atoms with Crippen molar-refractivity contribution in [2.24, 2.45) is 0 Å². The molecule has 0 spiro atoms. The number of nitrogens with two attached hydrogens (primary N) is 1. The molecule has 6 heteroatoms. The monoisotopic (exact) mass is 352 g/mol. The lowest BCUT2D eigenvalue weighted by Gasteiger charge is -2.13. The van der Waals surface area contributed by atoms with E-state index >= 15 is 0 Å². The van der Waals surface area contributed by atoms with Gasteiger partial charge in [0.2, 0.25) is 0 Å². The molecule has 0 saturated carbocycles. The summed E-state index contributed by atoms with van der Waals surface area (Å²) in [6.07, 6.45) is 0. The van der Waals surface area contributed by atoms with E-state index in [4.69, 9.17) is 10.5 Å². The Morgan fingerprint density at radius 3 is 2.67 bits per heavy atom. The number of nitrogen functional groups attached to an aromatic ring is 1. The standard InChI is InChI=1S/C15H14BrFN2O2/c1-8-5-10(7-11(14(8)18)15(20)21-2)19-13-4-3-9(17)6-12(13)16/h3-7,19H,18H2,1-2H3. The van der Waals surface area contributed by atoms with Gasteiger partial charge in [0.25, 0.3) is 0 Å². The summed E-state index contributed by atoms with van der Waals surface area (Å²) in [5.41, 5.74) is 8.64. The number of ether oxygens (including phenoxy) is 1. The first-order valence-corrected chi connectivity index (χ1v) is 6.92. The molecule has 0 unspecified atom stereocenters. The highest BCUT2D eigenvalue weighted by Crippen LogP contribution is 2.29. The highest BCUT2D eigenvalue weighted by atomic mass is 79.9. The van der Waals surface area contributed by atoms with Crippen molar-refractivity contribution < 1.29 is 13.9 Å². The van der Waals surface area contributed by atoms with Gasteiger partial charge in [-0.15, -0.1) is 0 Å². The number of rotatable bonds is 3. The summed E-state index contributed by atoms with van der Waals surface area (Å²) in [6, 6.07) is 7.70. The first-order valence-electron chi connectivity index (χ1n) is 6.13. The second kappa shape index (κ2) is 6.13. The molecule has 0 aliphatic carbocycles. The number of carbonyl (C=O) groups is 1. The predicted molar refractivity (Wildman–Crippen MR) is 84.3 cm³/mol. The average Bonchev–Trinajstić information content (AvgIpc) is 2.44. The van der Waals surface area contributed by atoms with Crippen molar-refractivity contribution in [3.05, 3.63) is 51.7 Å². The van der Waals surface area contributed by atoms with Crippen LogP contribution in [0.25, 0.3) is 0 Å². The van der Waals surface area contributed by atoms with Gasteiger partial charge >= 0.3 is 5.97 Å². The summed E-state index contributed by atoms with van der Waals surface area (Å²) < 4.78 is 18.4.